The smallest absolute Gasteiger partial charge is 0.264 e. The quantitative estimate of drug-likeness (QED) is 0.580. The number of H-pyrrole nitrogens is 1. The summed E-state index contributed by atoms with van der Waals surface area (Å²) in [6.45, 7) is 5.43. The van der Waals surface area contributed by atoms with E-state index in [1.165, 1.54) is 11.1 Å². The maximum Gasteiger partial charge on any atom is 0.264 e. The molecule has 3 aromatic rings. The van der Waals surface area contributed by atoms with Crippen LogP contribution in [0.4, 0.5) is 17.5 Å². The van der Waals surface area contributed by atoms with Crippen molar-refractivity contribution in [1.82, 2.24) is 9.97 Å². The number of nitrogen functional groups attached to an aromatic ring is 1. The van der Waals surface area contributed by atoms with Gasteiger partial charge in [0.05, 0.1) is 0 Å². The topological polar surface area (TPSA) is 87.0 Å². The molecule has 0 spiro atoms. The number of rotatable bonds is 3. The lowest BCUT2D eigenvalue weighted by Crippen LogP contribution is -2.35. The van der Waals surface area contributed by atoms with Crippen LogP contribution in [0.5, 0.6) is 0 Å². The van der Waals surface area contributed by atoms with Gasteiger partial charge in [0.15, 0.2) is 0 Å². The fraction of sp³-hybridized carbons (Fsp3) is 0.227. The zero-order valence-electron chi connectivity index (χ0n) is 16.5. The fourth-order valence-corrected chi connectivity index (χ4v) is 4.01. The number of fused-ring (bicyclic) bond motifs is 1. The molecule has 2 aromatic carbocycles. The molecule has 1 aromatic heterocycles. The summed E-state index contributed by atoms with van der Waals surface area (Å²) >= 11 is 5.48. The number of anilines is 3. The Hall–Kier alpha value is -3.19. The van der Waals surface area contributed by atoms with Crippen molar-refractivity contribution in [2.45, 2.75) is 26.8 Å². The Kier molecular flexibility index (Phi) is 5.07. The Bertz CT molecular complexity index is 1130. The van der Waals surface area contributed by atoms with Crippen molar-refractivity contribution in [3.8, 4) is 0 Å². The summed E-state index contributed by atoms with van der Waals surface area (Å²) in [6.07, 6.45) is 0.897. The van der Waals surface area contributed by atoms with Crippen LogP contribution in [-0.4, -0.2) is 21.5 Å². The number of benzene rings is 2. The lowest BCUT2D eigenvalue weighted by Gasteiger charge is -2.29. The minimum Gasteiger partial charge on any atom is -0.383 e. The first kappa shape index (κ1) is 19.1. The monoisotopic (exact) mass is 405 g/mol. The van der Waals surface area contributed by atoms with Crippen LogP contribution in [0.3, 0.4) is 0 Å². The zero-order valence-corrected chi connectivity index (χ0v) is 17.3. The van der Waals surface area contributed by atoms with Gasteiger partial charge in [-0.2, -0.15) is 4.98 Å². The highest BCUT2D eigenvalue weighted by Crippen LogP contribution is 2.23. The van der Waals surface area contributed by atoms with E-state index < -0.39 is 0 Å². The molecule has 1 aliphatic rings. The van der Waals surface area contributed by atoms with Crippen LogP contribution < -0.4 is 21.5 Å². The van der Waals surface area contributed by atoms with E-state index in [2.05, 4.69) is 27.4 Å². The number of hydrogen-bond acceptors (Lipinski definition) is 5. The van der Waals surface area contributed by atoms with E-state index >= 15 is 0 Å². The number of nitrogens with two attached hydrogens (primary N) is 1. The molecule has 0 atom stereocenters. The number of aromatic nitrogens is 2. The van der Waals surface area contributed by atoms with Crippen LogP contribution in [-0.2, 0) is 13.0 Å². The summed E-state index contributed by atoms with van der Waals surface area (Å²) in [7, 11) is 0. The third kappa shape index (κ3) is 3.73. The normalized spacial score (nSPS) is 13.1. The molecule has 0 bridgehead atoms. The molecule has 4 N–H and O–H groups in total. The van der Waals surface area contributed by atoms with Crippen molar-refractivity contribution < 1.29 is 0 Å². The SMILES string of the molecule is Cc1cccc(C)c1NC(=S)c1c(N)nc(N2CCc3ccccc3C2)[nH]c1=O. The van der Waals surface area contributed by atoms with Crippen LogP contribution in [0, 0.1) is 13.8 Å². The zero-order chi connectivity index (χ0) is 20.5. The molecule has 0 saturated heterocycles. The standard InChI is InChI=1S/C22H23N5OS/c1-13-6-5-7-14(2)18(13)24-21(29)17-19(23)25-22(26-20(17)28)27-11-10-15-8-3-4-9-16(15)12-27/h3-9H,10-12H2,1-2H3,(H,24,29)(H3,23,25,26,28). The molecule has 0 fully saturated rings. The van der Waals surface area contributed by atoms with Crippen LogP contribution in [0.25, 0.3) is 0 Å². The third-order valence-corrected chi connectivity index (χ3v) is 5.62. The van der Waals surface area contributed by atoms with Crippen molar-refractivity contribution in [3.05, 3.63) is 80.6 Å². The average molecular weight is 406 g/mol. The summed E-state index contributed by atoms with van der Waals surface area (Å²) < 4.78 is 0. The van der Waals surface area contributed by atoms with Gasteiger partial charge in [-0.1, -0.05) is 54.7 Å². The Morgan fingerprint density at radius 2 is 1.83 bits per heavy atom. The van der Waals surface area contributed by atoms with E-state index in [0.29, 0.717) is 12.5 Å². The van der Waals surface area contributed by atoms with E-state index in [9.17, 15) is 4.79 Å². The number of thiocarbonyl (C=S) groups is 1. The van der Waals surface area contributed by atoms with Gasteiger partial charge in [-0.05, 0) is 42.5 Å². The van der Waals surface area contributed by atoms with Crippen molar-refractivity contribution in [2.75, 3.05) is 22.5 Å². The first-order valence-electron chi connectivity index (χ1n) is 9.53. The van der Waals surface area contributed by atoms with Crippen molar-refractivity contribution in [1.29, 1.82) is 0 Å². The highest BCUT2D eigenvalue weighted by Gasteiger charge is 2.21. The van der Waals surface area contributed by atoms with Gasteiger partial charge < -0.3 is 16.0 Å². The maximum atomic E-state index is 12.8. The fourth-order valence-electron chi connectivity index (χ4n) is 3.71. The number of aromatic amines is 1. The molecule has 0 aliphatic carbocycles. The van der Waals surface area contributed by atoms with E-state index in [1.807, 2.05) is 49.1 Å². The van der Waals surface area contributed by atoms with Gasteiger partial charge in [0, 0.05) is 18.8 Å². The molecule has 0 amide bonds. The summed E-state index contributed by atoms with van der Waals surface area (Å²) in [4.78, 5) is 22.4. The Morgan fingerprint density at radius 1 is 1.14 bits per heavy atom. The molecule has 148 valence electrons. The Balaban J connectivity index is 1.61. The predicted octanol–water partition coefficient (Wildman–Crippen LogP) is 3.32. The first-order chi connectivity index (χ1) is 13.9. The lowest BCUT2D eigenvalue weighted by atomic mass is 10.0. The molecule has 0 unspecified atom stereocenters. The van der Waals surface area contributed by atoms with Gasteiger partial charge in [-0.3, -0.25) is 9.78 Å². The molecule has 0 radical (unpaired) electrons. The Morgan fingerprint density at radius 3 is 2.52 bits per heavy atom. The summed E-state index contributed by atoms with van der Waals surface area (Å²) in [5.41, 5.74) is 11.6. The van der Waals surface area contributed by atoms with Gasteiger partial charge >= 0.3 is 0 Å². The number of hydrogen-bond donors (Lipinski definition) is 3. The van der Waals surface area contributed by atoms with E-state index in [4.69, 9.17) is 18.0 Å². The van der Waals surface area contributed by atoms with Gasteiger partial charge in [-0.15, -0.1) is 0 Å². The minimum atomic E-state index is -0.338. The molecular formula is C22H23N5OS. The second kappa shape index (κ2) is 7.67. The second-order valence-electron chi connectivity index (χ2n) is 7.31. The molecule has 1 aliphatic heterocycles. The van der Waals surface area contributed by atoms with Crippen molar-refractivity contribution in [2.24, 2.45) is 0 Å². The number of nitrogens with zero attached hydrogens (tertiary/aromatic N) is 2. The number of aryl methyl sites for hydroxylation is 2. The van der Waals surface area contributed by atoms with Gasteiger partial charge in [-0.25, -0.2) is 0 Å². The maximum absolute atomic E-state index is 12.8. The molecule has 29 heavy (non-hydrogen) atoms. The molecular weight excluding hydrogens is 382 g/mol. The van der Waals surface area contributed by atoms with Crippen LogP contribution in [0.15, 0.2) is 47.3 Å². The highest BCUT2D eigenvalue weighted by atomic mass is 32.1. The van der Waals surface area contributed by atoms with Crippen LogP contribution >= 0.6 is 12.2 Å². The number of para-hydroxylation sites is 1. The lowest BCUT2D eigenvalue weighted by molar-refractivity contribution is 0.706. The molecule has 4 rings (SSSR count). The highest BCUT2D eigenvalue weighted by molar-refractivity contribution is 7.81. The van der Waals surface area contributed by atoms with Crippen LogP contribution in [0.1, 0.15) is 27.8 Å². The Labute approximate surface area is 174 Å². The average Bonchev–Trinajstić information content (AvgIpc) is 2.70. The second-order valence-corrected chi connectivity index (χ2v) is 7.72. The minimum absolute atomic E-state index is 0.131. The molecule has 6 nitrogen and oxygen atoms in total. The van der Waals surface area contributed by atoms with Gasteiger partial charge in [0.1, 0.15) is 16.4 Å². The molecule has 0 saturated carbocycles. The number of nitrogens with one attached hydrogen (secondary N) is 2. The van der Waals surface area contributed by atoms with E-state index in [-0.39, 0.29) is 21.9 Å². The summed E-state index contributed by atoms with van der Waals surface area (Å²) in [6, 6.07) is 14.3. The van der Waals surface area contributed by atoms with Crippen LogP contribution in [0.2, 0.25) is 0 Å². The van der Waals surface area contributed by atoms with Gasteiger partial charge in [0.2, 0.25) is 5.95 Å². The third-order valence-electron chi connectivity index (χ3n) is 5.31. The molecule has 2 heterocycles. The first-order valence-corrected chi connectivity index (χ1v) is 9.94. The largest absolute Gasteiger partial charge is 0.383 e. The predicted molar refractivity (Wildman–Crippen MR) is 122 cm³/mol. The van der Waals surface area contributed by atoms with Crippen molar-refractivity contribution >= 4 is 34.7 Å². The molecule has 7 heteroatoms. The summed E-state index contributed by atoms with van der Waals surface area (Å²) in [5, 5.41) is 3.17. The van der Waals surface area contributed by atoms with E-state index in [0.717, 1.165) is 29.8 Å². The van der Waals surface area contributed by atoms with Crippen molar-refractivity contribution in [3.63, 3.8) is 0 Å². The van der Waals surface area contributed by atoms with Gasteiger partial charge in [0.25, 0.3) is 5.56 Å². The summed E-state index contributed by atoms with van der Waals surface area (Å²) in [5.74, 6) is 0.604. The van der Waals surface area contributed by atoms with E-state index in [1.54, 1.807) is 0 Å².